The fourth-order valence-electron chi connectivity index (χ4n) is 3.32. The first-order chi connectivity index (χ1) is 9.06. The van der Waals surface area contributed by atoms with E-state index in [0.717, 1.165) is 13.0 Å². The van der Waals surface area contributed by atoms with E-state index in [4.69, 9.17) is 4.74 Å². The van der Waals surface area contributed by atoms with E-state index in [1.54, 1.807) is 7.05 Å². The van der Waals surface area contributed by atoms with Crippen LogP contribution in [0.2, 0.25) is 0 Å². The van der Waals surface area contributed by atoms with Gasteiger partial charge in [0.25, 0.3) is 0 Å². The molecule has 2 aliphatic rings. The van der Waals surface area contributed by atoms with Gasteiger partial charge in [0.1, 0.15) is 5.75 Å². The van der Waals surface area contributed by atoms with Crippen LogP contribution in [0.4, 0.5) is 10.5 Å². The molecule has 0 aromatic heterocycles. The molecule has 1 aromatic rings. The van der Waals surface area contributed by atoms with Crippen LogP contribution in [0.1, 0.15) is 18.9 Å². The van der Waals surface area contributed by atoms with E-state index in [1.807, 2.05) is 18.2 Å². The molecule has 2 heterocycles. The van der Waals surface area contributed by atoms with Crippen molar-refractivity contribution in [2.45, 2.75) is 24.9 Å². The van der Waals surface area contributed by atoms with Crippen LogP contribution in [0, 0.1) is 0 Å². The lowest BCUT2D eigenvalue weighted by Crippen LogP contribution is -2.44. The van der Waals surface area contributed by atoms with Gasteiger partial charge >= 0.3 is 6.09 Å². The number of hydrogen-bond donors (Lipinski definition) is 2. The van der Waals surface area contributed by atoms with Gasteiger partial charge in [-0.1, -0.05) is 6.92 Å². The van der Waals surface area contributed by atoms with Crippen LogP contribution in [0.5, 0.6) is 5.75 Å². The molecule has 5 heteroatoms. The number of carbonyl (C=O) groups excluding carboxylic acids is 1. The standard InChI is InChI=1S/C14H19N3O2/c1-14-6-7-16-12(14)17(3)11-5-4-9(8-10(11)14)19-13(18)15-2/h4-5,8,12,16H,6-7H2,1-3H3,(H,15,18)/t12?,14-/m1/s1. The second-order valence-corrected chi connectivity index (χ2v) is 5.45. The Balaban J connectivity index is 1.99. The van der Waals surface area contributed by atoms with Crippen molar-refractivity contribution in [2.24, 2.45) is 0 Å². The molecule has 1 amide bonds. The average molecular weight is 261 g/mol. The predicted molar refractivity (Wildman–Crippen MR) is 73.7 cm³/mol. The monoisotopic (exact) mass is 261 g/mol. The van der Waals surface area contributed by atoms with Gasteiger partial charge in [0, 0.05) is 25.2 Å². The largest absolute Gasteiger partial charge is 0.412 e. The minimum atomic E-state index is -0.433. The fourth-order valence-corrected chi connectivity index (χ4v) is 3.32. The summed E-state index contributed by atoms with van der Waals surface area (Å²) in [5.74, 6) is 0.597. The van der Waals surface area contributed by atoms with Gasteiger partial charge in [-0.2, -0.15) is 0 Å². The topological polar surface area (TPSA) is 53.6 Å². The minimum Gasteiger partial charge on any atom is -0.410 e. The first-order valence-corrected chi connectivity index (χ1v) is 6.56. The van der Waals surface area contributed by atoms with Crippen molar-refractivity contribution in [2.75, 3.05) is 25.5 Å². The third kappa shape index (κ3) is 1.69. The third-order valence-electron chi connectivity index (χ3n) is 4.35. The van der Waals surface area contributed by atoms with Crippen LogP contribution < -0.4 is 20.3 Å². The van der Waals surface area contributed by atoms with Gasteiger partial charge in [-0.15, -0.1) is 0 Å². The molecule has 2 atom stereocenters. The number of carbonyl (C=O) groups is 1. The zero-order chi connectivity index (χ0) is 13.6. The van der Waals surface area contributed by atoms with E-state index in [1.165, 1.54) is 11.3 Å². The number of rotatable bonds is 1. The van der Waals surface area contributed by atoms with Crippen LogP contribution in [0.3, 0.4) is 0 Å². The van der Waals surface area contributed by atoms with Crippen LogP contribution in [-0.2, 0) is 5.41 Å². The molecule has 0 bridgehead atoms. The van der Waals surface area contributed by atoms with E-state index < -0.39 is 6.09 Å². The molecule has 19 heavy (non-hydrogen) atoms. The van der Waals surface area contributed by atoms with Gasteiger partial charge in [-0.25, -0.2) is 4.79 Å². The first kappa shape index (κ1) is 12.3. The molecule has 5 nitrogen and oxygen atoms in total. The summed E-state index contributed by atoms with van der Waals surface area (Å²) in [5.41, 5.74) is 2.56. The Bertz CT molecular complexity index is 531. The molecule has 1 unspecified atom stereocenters. The van der Waals surface area contributed by atoms with Crippen LogP contribution >= 0.6 is 0 Å². The molecule has 102 valence electrons. The molecular weight excluding hydrogens is 242 g/mol. The Morgan fingerprint density at radius 3 is 3.11 bits per heavy atom. The number of nitrogens with one attached hydrogen (secondary N) is 2. The lowest BCUT2D eigenvalue weighted by Gasteiger charge is -2.27. The van der Waals surface area contributed by atoms with E-state index >= 15 is 0 Å². The summed E-state index contributed by atoms with van der Waals surface area (Å²) in [6, 6.07) is 5.86. The highest BCUT2D eigenvalue weighted by Crippen LogP contribution is 2.49. The number of anilines is 1. The number of amides is 1. The van der Waals surface area contributed by atoms with Gasteiger partial charge in [0.2, 0.25) is 0 Å². The highest BCUT2D eigenvalue weighted by molar-refractivity contribution is 5.72. The highest BCUT2D eigenvalue weighted by Gasteiger charge is 2.49. The van der Waals surface area contributed by atoms with Gasteiger partial charge in [0.05, 0.1) is 6.17 Å². The van der Waals surface area contributed by atoms with E-state index in [0.29, 0.717) is 11.9 Å². The highest BCUT2D eigenvalue weighted by atomic mass is 16.5. The normalized spacial score (nSPS) is 27.9. The number of ether oxygens (including phenoxy) is 1. The summed E-state index contributed by atoms with van der Waals surface area (Å²) >= 11 is 0. The lowest BCUT2D eigenvalue weighted by molar-refractivity contribution is 0.203. The van der Waals surface area contributed by atoms with Crippen molar-refractivity contribution in [3.8, 4) is 5.75 Å². The first-order valence-electron chi connectivity index (χ1n) is 6.56. The summed E-state index contributed by atoms with van der Waals surface area (Å²) in [4.78, 5) is 13.6. The summed E-state index contributed by atoms with van der Waals surface area (Å²) in [6.45, 7) is 3.29. The molecule has 2 aliphatic heterocycles. The SMILES string of the molecule is CNC(=O)Oc1ccc2c(c1)[C@@]1(C)CCNC1N2C. The van der Waals surface area contributed by atoms with Crippen LogP contribution in [0.15, 0.2) is 18.2 Å². The van der Waals surface area contributed by atoms with Crippen molar-refractivity contribution in [1.29, 1.82) is 0 Å². The Hall–Kier alpha value is -1.75. The lowest BCUT2D eigenvalue weighted by atomic mass is 9.81. The average Bonchev–Trinajstić information content (AvgIpc) is 2.88. The van der Waals surface area contributed by atoms with E-state index in [-0.39, 0.29) is 5.41 Å². The zero-order valence-corrected chi connectivity index (χ0v) is 11.5. The van der Waals surface area contributed by atoms with Crippen LogP contribution in [-0.4, -0.2) is 32.9 Å². The predicted octanol–water partition coefficient (Wildman–Crippen LogP) is 1.43. The molecular formula is C14H19N3O2. The molecule has 0 saturated carbocycles. The maximum atomic E-state index is 11.3. The fraction of sp³-hybridized carbons (Fsp3) is 0.500. The zero-order valence-electron chi connectivity index (χ0n) is 11.5. The molecule has 1 aromatic carbocycles. The molecule has 1 fully saturated rings. The molecule has 0 aliphatic carbocycles. The van der Waals surface area contributed by atoms with Gasteiger partial charge < -0.3 is 15.0 Å². The number of fused-ring (bicyclic) bond motifs is 3. The Labute approximate surface area is 112 Å². The van der Waals surface area contributed by atoms with Crippen molar-refractivity contribution < 1.29 is 9.53 Å². The Morgan fingerprint density at radius 2 is 2.37 bits per heavy atom. The van der Waals surface area contributed by atoms with E-state index in [2.05, 4.69) is 29.5 Å². The van der Waals surface area contributed by atoms with Crippen molar-refractivity contribution in [1.82, 2.24) is 10.6 Å². The van der Waals surface area contributed by atoms with Crippen molar-refractivity contribution in [3.63, 3.8) is 0 Å². The van der Waals surface area contributed by atoms with Crippen molar-refractivity contribution in [3.05, 3.63) is 23.8 Å². The third-order valence-corrected chi connectivity index (χ3v) is 4.35. The molecule has 0 spiro atoms. The molecule has 2 N–H and O–H groups in total. The van der Waals surface area contributed by atoms with Crippen LogP contribution in [0.25, 0.3) is 0 Å². The number of nitrogens with zero attached hydrogens (tertiary/aromatic N) is 1. The summed E-state index contributed by atoms with van der Waals surface area (Å²) in [6.07, 6.45) is 0.994. The minimum absolute atomic E-state index is 0.0894. The second-order valence-electron chi connectivity index (χ2n) is 5.45. The summed E-state index contributed by atoms with van der Waals surface area (Å²) in [5, 5.41) is 5.99. The number of likely N-dealkylation sites (N-methyl/N-ethyl adjacent to an activating group) is 1. The van der Waals surface area contributed by atoms with Gasteiger partial charge in [-0.05, 0) is 36.7 Å². The van der Waals surface area contributed by atoms with Gasteiger partial charge in [-0.3, -0.25) is 5.32 Å². The molecule has 3 rings (SSSR count). The number of benzene rings is 1. The quantitative estimate of drug-likeness (QED) is 0.803. The van der Waals surface area contributed by atoms with E-state index in [9.17, 15) is 4.79 Å². The number of hydrogen-bond acceptors (Lipinski definition) is 4. The van der Waals surface area contributed by atoms with Gasteiger partial charge in [0.15, 0.2) is 0 Å². The second kappa shape index (κ2) is 4.13. The smallest absolute Gasteiger partial charge is 0.410 e. The molecule has 0 radical (unpaired) electrons. The maximum Gasteiger partial charge on any atom is 0.412 e. The summed E-state index contributed by atoms with van der Waals surface area (Å²) < 4.78 is 5.23. The Kier molecular flexibility index (Phi) is 2.67. The molecule has 1 saturated heterocycles. The Morgan fingerprint density at radius 1 is 1.58 bits per heavy atom. The van der Waals surface area contributed by atoms with Crippen molar-refractivity contribution >= 4 is 11.8 Å². The summed E-state index contributed by atoms with van der Waals surface area (Å²) in [7, 11) is 3.66. The maximum absolute atomic E-state index is 11.3.